The molecule has 2 aliphatic heterocycles. The minimum Gasteiger partial charge on any atom is -0.444 e. The van der Waals surface area contributed by atoms with Crippen LogP contribution in [-0.4, -0.2) is 73.9 Å². The maximum absolute atomic E-state index is 13.7. The topological polar surface area (TPSA) is 96.8 Å². The zero-order chi connectivity index (χ0) is 28.6. The van der Waals surface area contributed by atoms with Gasteiger partial charge in [-0.15, -0.1) is 11.8 Å². The summed E-state index contributed by atoms with van der Waals surface area (Å²) in [6.45, 7) is 8.75. The number of likely N-dealkylation sites (tertiary alicyclic amines) is 1. The molecule has 40 heavy (non-hydrogen) atoms. The molecule has 1 saturated heterocycles. The Morgan fingerprint density at radius 3 is 2.55 bits per heavy atom. The van der Waals surface area contributed by atoms with Crippen LogP contribution >= 0.6 is 23.4 Å². The molecule has 3 aromatic rings. The maximum atomic E-state index is 13.7. The van der Waals surface area contributed by atoms with Crippen LogP contribution in [0.1, 0.15) is 45.1 Å². The van der Waals surface area contributed by atoms with E-state index in [4.69, 9.17) is 16.3 Å². The molecule has 212 valence electrons. The molecule has 9 nitrogen and oxygen atoms in total. The Kier molecular flexibility index (Phi) is 8.01. The van der Waals surface area contributed by atoms with Crippen LogP contribution in [-0.2, 0) is 16.1 Å². The Balaban J connectivity index is 1.24. The molecule has 0 spiro atoms. The van der Waals surface area contributed by atoms with Gasteiger partial charge in [0.1, 0.15) is 17.5 Å². The smallest absolute Gasteiger partial charge is 0.408 e. The molecular weight excluding hydrogens is 550 g/mol. The Morgan fingerprint density at radius 2 is 1.85 bits per heavy atom. The van der Waals surface area contributed by atoms with Gasteiger partial charge < -0.3 is 19.9 Å². The molecule has 3 amide bonds. The highest BCUT2D eigenvalue weighted by Crippen LogP contribution is 2.28. The van der Waals surface area contributed by atoms with Gasteiger partial charge in [-0.2, -0.15) is 0 Å². The summed E-state index contributed by atoms with van der Waals surface area (Å²) >= 11 is 7.62. The summed E-state index contributed by atoms with van der Waals surface area (Å²) < 4.78 is 7.13. The van der Waals surface area contributed by atoms with E-state index >= 15 is 0 Å². The second-order valence-corrected chi connectivity index (χ2v) is 12.8. The van der Waals surface area contributed by atoms with Crippen molar-refractivity contribution in [2.75, 3.05) is 18.8 Å². The third-order valence-corrected chi connectivity index (χ3v) is 8.50. The standard InChI is InChI=1S/C29H34ClN5O4S/c1-18-31-15-23-16-34(28(38)35(18)23)22-9-11-33(12-10-22)26(36)25(32-27(37)39-29(2,3)4)17-40-24-8-6-19-13-21(30)7-5-20(19)14-24/h5-8,13-15,22,25H,9-12,16-17H2,1-4H3,(H,32,37)/t25-/m1/s1. The van der Waals surface area contributed by atoms with Crippen LogP contribution in [0.3, 0.4) is 0 Å². The predicted octanol–water partition coefficient (Wildman–Crippen LogP) is 5.46. The van der Waals surface area contributed by atoms with E-state index in [-0.39, 0.29) is 18.0 Å². The minimum atomic E-state index is -0.764. The monoisotopic (exact) mass is 583 g/mol. The number of carbonyl (C=O) groups excluding carboxylic acids is 3. The zero-order valence-corrected chi connectivity index (χ0v) is 24.7. The van der Waals surface area contributed by atoms with Gasteiger partial charge in [-0.25, -0.2) is 14.6 Å². The third-order valence-electron chi connectivity index (χ3n) is 7.18. The lowest BCUT2D eigenvalue weighted by molar-refractivity contribution is -0.134. The van der Waals surface area contributed by atoms with Crippen molar-refractivity contribution >= 4 is 52.2 Å². The molecule has 0 radical (unpaired) electrons. The summed E-state index contributed by atoms with van der Waals surface area (Å²) in [5, 5.41) is 5.57. The maximum Gasteiger partial charge on any atom is 0.408 e. The van der Waals surface area contributed by atoms with E-state index in [0.29, 0.717) is 49.1 Å². The number of carbonyl (C=O) groups is 3. The molecule has 0 bridgehead atoms. The molecule has 0 aliphatic carbocycles. The molecule has 0 unspecified atom stereocenters. The quantitative estimate of drug-likeness (QED) is 0.387. The lowest BCUT2D eigenvalue weighted by Gasteiger charge is -2.37. The molecule has 3 heterocycles. The number of alkyl carbamates (subject to hydrolysis) is 1. The first kappa shape index (κ1) is 28.3. The number of nitrogens with one attached hydrogen (secondary N) is 1. The number of aromatic nitrogens is 2. The van der Waals surface area contributed by atoms with E-state index in [1.807, 2.05) is 42.2 Å². The summed E-state index contributed by atoms with van der Waals surface area (Å²) in [5.41, 5.74) is 0.217. The van der Waals surface area contributed by atoms with E-state index in [2.05, 4.69) is 16.4 Å². The fraction of sp³-hybridized carbons (Fsp3) is 0.448. The molecule has 1 N–H and O–H groups in total. The largest absolute Gasteiger partial charge is 0.444 e. The number of fused-ring (bicyclic) bond motifs is 2. The third kappa shape index (κ3) is 6.23. The fourth-order valence-corrected chi connectivity index (χ4v) is 6.37. The molecule has 11 heteroatoms. The van der Waals surface area contributed by atoms with Crippen LogP contribution in [0.2, 0.25) is 5.02 Å². The predicted molar refractivity (Wildman–Crippen MR) is 156 cm³/mol. The van der Waals surface area contributed by atoms with Crippen molar-refractivity contribution in [2.45, 2.75) is 69.7 Å². The first-order chi connectivity index (χ1) is 19.0. The molecule has 1 aromatic heterocycles. The van der Waals surface area contributed by atoms with Gasteiger partial charge in [0, 0.05) is 34.8 Å². The molecule has 2 aliphatic rings. The summed E-state index contributed by atoms with van der Waals surface area (Å²) in [5.74, 6) is 0.894. The van der Waals surface area contributed by atoms with Crippen molar-refractivity contribution < 1.29 is 19.1 Å². The Labute approximate surface area is 243 Å². The first-order valence-corrected chi connectivity index (χ1v) is 14.8. The second kappa shape index (κ2) is 11.3. The number of thioether (sulfide) groups is 1. The first-order valence-electron chi connectivity index (χ1n) is 13.4. The number of benzene rings is 2. The summed E-state index contributed by atoms with van der Waals surface area (Å²) in [6, 6.07) is 11.0. The highest BCUT2D eigenvalue weighted by molar-refractivity contribution is 7.99. The number of hydrogen-bond donors (Lipinski definition) is 1. The van der Waals surface area contributed by atoms with E-state index in [1.54, 1.807) is 36.4 Å². The molecule has 5 rings (SSSR count). The lowest BCUT2D eigenvalue weighted by atomic mass is 10.0. The van der Waals surface area contributed by atoms with Gasteiger partial charge in [0.25, 0.3) is 0 Å². The average Bonchev–Trinajstić information content (AvgIpc) is 3.44. The lowest BCUT2D eigenvalue weighted by Crippen LogP contribution is -2.54. The molecular formula is C29H34ClN5O4S. The van der Waals surface area contributed by atoms with Crippen LogP contribution in [0.15, 0.2) is 47.5 Å². The van der Waals surface area contributed by atoms with Crippen LogP contribution in [0.4, 0.5) is 9.59 Å². The number of piperidine rings is 1. The van der Waals surface area contributed by atoms with Gasteiger partial charge in [-0.1, -0.05) is 23.7 Å². The van der Waals surface area contributed by atoms with Crippen LogP contribution in [0.25, 0.3) is 10.8 Å². The minimum absolute atomic E-state index is 0.0479. The van der Waals surface area contributed by atoms with E-state index < -0.39 is 17.7 Å². The van der Waals surface area contributed by atoms with Crippen LogP contribution in [0.5, 0.6) is 0 Å². The molecule has 0 saturated carbocycles. The fourth-order valence-electron chi connectivity index (χ4n) is 5.23. The summed E-state index contributed by atoms with van der Waals surface area (Å²) in [6.07, 6.45) is 2.48. The normalized spacial score (nSPS) is 16.8. The van der Waals surface area contributed by atoms with Gasteiger partial charge >= 0.3 is 12.1 Å². The number of rotatable bonds is 6. The number of nitrogens with zero attached hydrogens (tertiary/aromatic N) is 4. The Morgan fingerprint density at radius 1 is 1.15 bits per heavy atom. The summed E-state index contributed by atoms with van der Waals surface area (Å²) in [4.78, 5) is 48.2. The SMILES string of the molecule is Cc1ncc2n1C(=O)N(C1CCN(C(=O)[C@@H](CSc3ccc4cc(Cl)ccc4c3)NC(=O)OC(C)(C)C)CC1)C2. The number of aryl methyl sites for hydroxylation is 1. The van der Waals surface area contributed by atoms with Crippen molar-refractivity contribution in [3.05, 3.63) is 59.1 Å². The van der Waals surface area contributed by atoms with E-state index in [0.717, 1.165) is 21.4 Å². The summed E-state index contributed by atoms with van der Waals surface area (Å²) in [7, 11) is 0. The Bertz CT molecular complexity index is 1440. The highest BCUT2D eigenvalue weighted by atomic mass is 35.5. The number of amides is 3. The van der Waals surface area contributed by atoms with Gasteiger partial charge in [-0.3, -0.25) is 9.36 Å². The van der Waals surface area contributed by atoms with Crippen molar-refractivity contribution in [2.24, 2.45) is 0 Å². The number of ether oxygens (including phenoxy) is 1. The zero-order valence-electron chi connectivity index (χ0n) is 23.1. The molecule has 2 aromatic carbocycles. The van der Waals surface area contributed by atoms with Crippen molar-refractivity contribution in [1.29, 1.82) is 0 Å². The van der Waals surface area contributed by atoms with Gasteiger partial charge in [0.05, 0.1) is 18.4 Å². The second-order valence-electron chi connectivity index (χ2n) is 11.3. The van der Waals surface area contributed by atoms with Crippen molar-refractivity contribution in [3.8, 4) is 0 Å². The van der Waals surface area contributed by atoms with Gasteiger partial charge in [0.15, 0.2) is 0 Å². The molecule has 1 fully saturated rings. The Hall–Kier alpha value is -3.24. The van der Waals surface area contributed by atoms with Crippen LogP contribution in [0, 0.1) is 6.92 Å². The number of imidazole rings is 1. The number of hydrogen-bond acceptors (Lipinski definition) is 6. The van der Waals surface area contributed by atoms with Gasteiger partial charge in [0.2, 0.25) is 5.91 Å². The average molecular weight is 584 g/mol. The molecule has 1 atom stereocenters. The number of halogens is 1. The van der Waals surface area contributed by atoms with Crippen LogP contribution < -0.4 is 5.32 Å². The highest BCUT2D eigenvalue weighted by Gasteiger charge is 2.37. The van der Waals surface area contributed by atoms with E-state index in [1.165, 1.54) is 11.8 Å². The van der Waals surface area contributed by atoms with Gasteiger partial charge in [-0.05, 0) is 75.6 Å². The van der Waals surface area contributed by atoms with Crippen molar-refractivity contribution in [1.82, 2.24) is 24.7 Å². The van der Waals surface area contributed by atoms with E-state index in [9.17, 15) is 14.4 Å². The van der Waals surface area contributed by atoms with Crippen molar-refractivity contribution in [3.63, 3.8) is 0 Å².